The van der Waals surface area contributed by atoms with Crippen LogP contribution in [0.2, 0.25) is 0 Å². The van der Waals surface area contributed by atoms with Crippen molar-refractivity contribution in [1.29, 1.82) is 0 Å². The second-order valence-corrected chi connectivity index (χ2v) is 6.03. The van der Waals surface area contributed by atoms with Gasteiger partial charge >= 0.3 is 0 Å². The molecule has 0 bridgehead atoms. The van der Waals surface area contributed by atoms with Crippen LogP contribution >= 0.6 is 31.9 Å². The van der Waals surface area contributed by atoms with E-state index in [1.54, 1.807) is 0 Å². The Labute approximate surface area is 120 Å². The van der Waals surface area contributed by atoms with Gasteiger partial charge in [0.05, 0.1) is 18.8 Å². The van der Waals surface area contributed by atoms with Crippen LogP contribution < -0.4 is 5.32 Å². The lowest BCUT2D eigenvalue weighted by atomic mass is 10.1. The molecule has 0 saturated heterocycles. The summed E-state index contributed by atoms with van der Waals surface area (Å²) >= 11 is 7.03. The van der Waals surface area contributed by atoms with E-state index in [4.69, 9.17) is 4.74 Å². The van der Waals surface area contributed by atoms with E-state index in [9.17, 15) is 0 Å². The molecule has 1 unspecified atom stereocenters. The normalized spacial score (nSPS) is 13.1. The number of ether oxygens (including phenoxy) is 1. The minimum Gasteiger partial charge on any atom is -0.377 e. The summed E-state index contributed by atoms with van der Waals surface area (Å²) in [5.41, 5.74) is 1.23. The van der Waals surface area contributed by atoms with Crippen LogP contribution in [-0.4, -0.2) is 19.3 Å². The third-order valence-electron chi connectivity index (χ3n) is 2.33. The average Bonchev–Trinajstić information content (AvgIpc) is 2.22. The number of rotatable bonds is 6. The summed E-state index contributed by atoms with van der Waals surface area (Å²) < 4.78 is 7.85. The predicted octanol–water partition coefficient (Wildman–Crippen LogP) is 4.29. The van der Waals surface area contributed by atoms with Gasteiger partial charge in [0.15, 0.2) is 0 Å². The van der Waals surface area contributed by atoms with Gasteiger partial charge in [0.1, 0.15) is 0 Å². The van der Waals surface area contributed by atoms with Gasteiger partial charge in [-0.1, -0.05) is 38.8 Å². The predicted molar refractivity (Wildman–Crippen MR) is 79.3 cm³/mol. The largest absolute Gasteiger partial charge is 0.377 e. The number of hydrogen-bond donors (Lipinski definition) is 1. The minimum atomic E-state index is 0.233. The van der Waals surface area contributed by atoms with E-state index in [0.717, 1.165) is 15.5 Å². The maximum atomic E-state index is 5.70. The van der Waals surface area contributed by atoms with Crippen molar-refractivity contribution in [2.75, 3.05) is 13.2 Å². The smallest absolute Gasteiger partial charge is 0.0664 e. The molecule has 96 valence electrons. The Morgan fingerprint density at radius 2 is 1.76 bits per heavy atom. The maximum Gasteiger partial charge on any atom is 0.0664 e. The molecule has 0 amide bonds. The van der Waals surface area contributed by atoms with Crippen molar-refractivity contribution in [3.8, 4) is 0 Å². The lowest BCUT2D eigenvalue weighted by molar-refractivity contribution is 0.0614. The Balaban J connectivity index is 2.80. The summed E-state index contributed by atoms with van der Waals surface area (Å²) in [6.45, 7) is 7.83. The van der Waals surface area contributed by atoms with Crippen LogP contribution in [0.3, 0.4) is 0 Å². The summed E-state index contributed by atoms with van der Waals surface area (Å²) in [5, 5.41) is 3.44. The Morgan fingerprint density at radius 1 is 1.18 bits per heavy atom. The molecule has 0 aliphatic rings. The van der Waals surface area contributed by atoms with Gasteiger partial charge in [0.25, 0.3) is 0 Å². The molecular formula is C13H19Br2NO. The molecule has 0 aromatic heterocycles. The molecule has 1 N–H and O–H groups in total. The minimum absolute atomic E-state index is 0.233. The monoisotopic (exact) mass is 363 g/mol. The maximum absolute atomic E-state index is 5.70. The molecule has 4 heteroatoms. The van der Waals surface area contributed by atoms with Crippen molar-refractivity contribution in [1.82, 2.24) is 5.32 Å². The topological polar surface area (TPSA) is 21.3 Å². The van der Waals surface area contributed by atoms with E-state index in [2.05, 4.69) is 70.1 Å². The number of benzene rings is 1. The first-order valence-corrected chi connectivity index (χ1v) is 7.42. The molecule has 1 aromatic rings. The third-order valence-corrected chi connectivity index (χ3v) is 3.25. The molecule has 0 fully saturated rings. The standard InChI is InChI=1S/C13H19Br2NO/c1-4-16-13(8-17-9(2)3)10-5-11(14)7-12(15)6-10/h5-7,9,13,16H,4,8H2,1-3H3. The highest BCUT2D eigenvalue weighted by Gasteiger charge is 2.12. The van der Waals surface area contributed by atoms with E-state index in [1.807, 2.05) is 6.07 Å². The Morgan fingerprint density at radius 3 is 2.24 bits per heavy atom. The summed E-state index contributed by atoms with van der Waals surface area (Å²) in [7, 11) is 0. The van der Waals surface area contributed by atoms with Gasteiger partial charge in [0.2, 0.25) is 0 Å². The lowest BCUT2D eigenvalue weighted by Gasteiger charge is -2.20. The lowest BCUT2D eigenvalue weighted by Crippen LogP contribution is -2.26. The summed E-state index contributed by atoms with van der Waals surface area (Å²) in [6, 6.07) is 6.52. The fourth-order valence-corrected chi connectivity index (χ4v) is 2.91. The SMILES string of the molecule is CCNC(COC(C)C)c1cc(Br)cc(Br)c1. The van der Waals surface area contributed by atoms with Crippen LogP contribution in [0.25, 0.3) is 0 Å². The molecular weight excluding hydrogens is 346 g/mol. The van der Waals surface area contributed by atoms with Crippen LogP contribution in [0, 0.1) is 0 Å². The number of nitrogens with one attached hydrogen (secondary N) is 1. The second kappa shape index (κ2) is 7.52. The van der Waals surface area contributed by atoms with Crippen molar-refractivity contribution in [3.63, 3.8) is 0 Å². The molecule has 0 heterocycles. The fraction of sp³-hybridized carbons (Fsp3) is 0.538. The molecule has 2 nitrogen and oxygen atoms in total. The molecule has 0 radical (unpaired) electrons. The number of halogens is 2. The highest BCUT2D eigenvalue weighted by Crippen LogP contribution is 2.24. The summed E-state index contributed by atoms with van der Waals surface area (Å²) in [6.07, 6.45) is 0.256. The first-order valence-electron chi connectivity index (χ1n) is 5.84. The zero-order valence-corrected chi connectivity index (χ0v) is 13.6. The molecule has 0 spiro atoms. The van der Waals surface area contributed by atoms with Crippen LogP contribution in [0.5, 0.6) is 0 Å². The zero-order valence-electron chi connectivity index (χ0n) is 10.5. The van der Waals surface area contributed by atoms with Gasteiger partial charge in [-0.2, -0.15) is 0 Å². The van der Waals surface area contributed by atoms with E-state index in [1.165, 1.54) is 5.56 Å². The Hall–Kier alpha value is 0.1000. The molecule has 0 saturated carbocycles. The fourth-order valence-electron chi connectivity index (χ4n) is 1.58. The van der Waals surface area contributed by atoms with Crippen molar-refractivity contribution in [2.24, 2.45) is 0 Å². The van der Waals surface area contributed by atoms with Gasteiger partial charge in [-0.15, -0.1) is 0 Å². The molecule has 0 aliphatic heterocycles. The van der Waals surface area contributed by atoms with Gasteiger partial charge in [-0.3, -0.25) is 0 Å². The van der Waals surface area contributed by atoms with E-state index in [-0.39, 0.29) is 12.1 Å². The first kappa shape index (κ1) is 15.2. The van der Waals surface area contributed by atoms with E-state index in [0.29, 0.717) is 6.61 Å². The summed E-state index contributed by atoms with van der Waals surface area (Å²) in [4.78, 5) is 0. The number of likely N-dealkylation sites (N-methyl/N-ethyl adjacent to an activating group) is 1. The van der Waals surface area contributed by atoms with E-state index >= 15 is 0 Å². The van der Waals surface area contributed by atoms with Crippen LogP contribution in [0.4, 0.5) is 0 Å². The zero-order chi connectivity index (χ0) is 12.8. The highest BCUT2D eigenvalue weighted by atomic mass is 79.9. The molecule has 1 aromatic carbocycles. The Kier molecular flexibility index (Phi) is 6.70. The molecule has 17 heavy (non-hydrogen) atoms. The molecule has 0 aliphatic carbocycles. The van der Waals surface area contributed by atoms with Crippen molar-refractivity contribution in [2.45, 2.75) is 32.9 Å². The molecule has 1 atom stereocenters. The highest BCUT2D eigenvalue weighted by molar-refractivity contribution is 9.11. The van der Waals surface area contributed by atoms with Gasteiger partial charge < -0.3 is 10.1 Å². The third kappa shape index (κ3) is 5.51. The van der Waals surface area contributed by atoms with Gasteiger partial charge in [-0.05, 0) is 44.2 Å². The van der Waals surface area contributed by atoms with Crippen LogP contribution in [0.1, 0.15) is 32.4 Å². The van der Waals surface area contributed by atoms with Crippen LogP contribution in [0.15, 0.2) is 27.1 Å². The number of hydrogen-bond acceptors (Lipinski definition) is 2. The van der Waals surface area contributed by atoms with Crippen molar-refractivity contribution < 1.29 is 4.74 Å². The van der Waals surface area contributed by atoms with Gasteiger partial charge in [-0.25, -0.2) is 0 Å². The van der Waals surface area contributed by atoms with Crippen molar-refractivity contribution in [3.05, 3.63) is 32.7 Å². The second-order valence-electron chi connectivity index (χ2n) is 4.20. The van der Waals surface area contributed by atoms with E-state index < -0.39 is 0 Å². The molecule has 1 rings (SSSR count). The first-order chi connectivity index (χ1) is 8.02. The quantitative estimate of drug-likeness (QED) is 0.812. The Bertz CT molecular complexity index is 335. The summed E-state index contributed by atoms with van der Waals surface area (Å²) in [5.74, 6) is 0. The van der Waals surface area contributed by atoms with Crippen LogP contribution in [-0.2, 0) is 4.74 Å². The average molecular weight is 365 g/mol. The van der Waals surface area contributed by atoms with Crippen molar-refractivity contribution >= 4 is 31.9 Å². The van der Waals surface area contributed by atoms with Gasteiger partial charge in [0, 0.05) is 8.95 Å².